The molecule has 0 unspecified atom stereocenters. The van der Waals surface area contributed by atoms with E-state index in [4.69, 9.17) is 11.6 Å². The maximum Gasteiger partial charge on any atom is 0.152 e. The lowest BCUT2D eigenvalue weighted by Crippen LogP contribution is -2.22. The van der Waals surface area contributed by atoms with E-state index >= 15 is 0 Å². The van der Waals surface area contributed by atoms with Crippen LogP contribution in [0.4, 0.5) is 5.69 Å². The van der Waals surface area contributed by atoms with Crippen LogP contribution >= 0.6 is 27.5 Å². The zero-order valence-electron chi connectivity index (χ0n) is 8.47. The molecule has 1 fully saturated rings. The van der Waals surface area contributed by atoms with Crippen LogP contribution in [0.3, 0.4) is 0 Å². The molecule has 0 atom stereocenters. The lowest BCUT2D eigenvalue weighted by molar-refractivity contribution is 0.462. The standard InChI is InChI=1S/C11H14BrClN2/c12-8-6-10(11(13)14-7-8)15-9-4-2-1-3-5-9/h6-7,9,15H,1-5H2. The number of rotatable bonds is 2. The summed E-state index contributed by atoms with van der Waals surface area (Å²) in [6, 6.07) is 2.55. The monoisotopic (exact) mass is 288 g/mol. The lowest BCUT2D eigenvalue weighted by Gasteiger charge is -2.24. The Morgan fingerprint density at radius 3 is 2.80 bits per heavy atom. The second kappa shape index (κ2) is 5.17. The first-order valence-corrected chi connectivity index (χ1v) is 6.50. The van der Waals surface area contributed by atoms with Gasteiger partial charge in [-0.3, -0.25) is 0 Å². The molecule has 0 saturated heterocycles. The third-order valence-corrected chi connectivity index (χ3v) is 3.51. The van der Waals surface area contributed by atoms with Crippen molar-refractivity contribution in [2.75, 3.05) is 5.32 Å². The number of halogens is 2. The number of pyridine rings is 1. The molecule has 0 radical (unpaired) electrons. The van der Waals surface area contributed by atoms with E-state index in [0.29, 0.717) is 11.2 Å². The Labute approximate surface area is 104 Å². The van der Waals surface area contributed by atoms with E-state index in [1.807, 2.05) is 6.07 Å². The number of anilines is 1. The molecular formula is C11H14BrClN2. The Kier molecular flexibility index (Phi) is 3.87. The van der Waals surface area contributed by atoms with E-state index < -0.39 is 0 Å². The van der Waals surface area contributed by atoms with Crippen LogP contribution in [0.5, 0.6) is 0 Å². The van der Waals surface area contributed by atoms with Gasteiger partial charge in [-0.2, -0.15) is 0 Å². The highest BCUT2D eigenvalue weighted by atomic mass is 79.9. The summed E-state index contributed by atoms with van der Waals surface area (Å²) in [4.78, 5) is 4.10. The minimum absolute atomic E-state index is 0.559. The van der Waals surface area contributed by atoms with Gasteiger partial charge < -0.3 is 5.32 Å². The Balaban J connectivity index is 2.05. The Morgan fingerprint density at radius 2 is 2.07 bits per heavy atom. The fraction of sp³-hybridized carbons (Fsp3) is 0.545. The van der Waals surface area contributed by atoms with Crippen LogP contribution in [-0.4, -0.2) is 11.0 Å². The van der Waals surface area contributed by atoms with E-state index in [-0.39, 0.29) is 0 Å². The zero-order chi connectivity index (χ0) is 10.7. The van der Waals surface area contributed by atoms with Crippen LogP contribution in [-0.2, 0) is 0 Å². The summed E-state index contributed by atoms with van der Waals surface area (Å²) in [6.45, 7) is 0. The van der Waals surface area contributed by atoms with Crippen LogP contribution < -0.4 is 5.32 Å². The topological polar surface area (TPSA) is 24.9 Å². The first kappa shape index (κ1) is 11.2. The lowest BCUT2D eigenvalue weighted by atomic mass is 9.95. The summed E-state index contributed by atoms with van der Waals surface area (Å²) in [5, 5.41) is 4.02. The van der Waals surface area contributed by atoms with E-state index in [1.54, 1.807) is 6.20 Å². The fourth-order valence-corrected chi connectivity index (χ4v) is 2.48. The molecule has 0 aliphatic heterocycles. The van der Waals surface area contributed by atoms with Crippen molar-refractivity contribution in [3.8, 4) is 0 Å². The van der Waals surface area contributed by atoms with Crippen molar-refractivity contribution in [3.05, 3.63) is 21.9 Å². The molecule has 1 aromatic heterocycles. The van der Waals surface area contributed by atoms with Crippen molar-refractivity contribution >= 4 is 33.2 Å². The second-order valence-corrected chi connectivity index (χ2v) is 5.24. The molecule has 0 aromatic carbocycles. The Hall–Kier alpha value is -0.280. The smallest absolute Gasteiger partial charge is 0.152 e. The quantitative estimate of drug-likeness (QED) is 0.824. The molecule has 1 aliphatic rings. The van der Waals surface area contributed by atoms with Crippen molar-refractivity contribution in [2.45, 2.75) is 38.1 Å². The highest BCUT2D eigenvalue weighted by molar-refractivity contribution is 9.10. The normalized spacial score (nSPS) is 17.7. The molecule has 0 bridgehead atoms. The van der Waals surface area contributed by atoms with E-state index in [0.717, 1.165) is 10.2 Å². The van der Waals surface area contributed by atoms with E-state index in [9.17, 15) is 0 Å². The number of hydrogen-bond acceptors (Lipinski definition) is 2. The van der Waals surface area contributed by atoms with Gasteiger partial charge in [0, 0.05) is 16.7 Å². The Morgan fingerprint density at radius 1 is 1.33 bits per heavy atom. The predicted octanol–water partition coefficient (Wildman–Crippen LogP) is 4.24. The molecule has 82 valence electrons. The van der Waals surface area contributed by atoms with Gasteiger partial charge in [0.1, 0.15) is 0 Å². The molecule has 1 aromatic rings. The van der Waals surface area contributed by atoms with Gasteiger partial charge in [-0.05, 0) is 34.8 Å². The summed E-state index contributed by atoms with van der Waals surface area (Å²) in [5.74, 6) is 0. The summed E-state index contributed by atoms with van der Waals surface area (Å²) < 4.78 is 0.963. The van der Waals surface area contributed by atoms with Crippen molar-refractivity contribution in [3.63, 3.8) is 0 Å². The molecule has 0 amide bonds. The number of nitrogens with zero attached hydrogens (tertiary/aromatic N) is 1. The molecule has 1 heterocycles. The molecule has 1 aliphatic carbocycles. The van der Waals surface area contributed by atoms with Crippen LogP contribution in [0.15, 0.2) is 16.7 Å². The number of nitrogens with one attached hydrogen (secondary N) is 1. The van der Waals surface area contributed by atoms with Crippen LogP contribution in [0.25, 0.3) is 0 Å². The highest BCUT2D eigenvalue weighted by Crippen LogP contribution is 2.27. The van der Waals surface area contributed by atoms with Crippen molar-refractivity contribution in [1.29, 1.82) is 0 Å². The summed E-state index contributed by atoms with van der Waals surface area (Å²) in [5.41, 5.74) is 0.943. The van der Waals surface area contributed by atoms with Crippen LogP contribution in [0.1, 0.15) is 32.1 Å². The van der Waals surface area contributed by atoms with E-state index in [2.05, 4.69) is 26.2 Å². The average molecular weight is 290 g/mol. The van der Waals surface area contributed by atoms with Gasteiger partial charge >= 0.3 is 0 Å². The minimum Gasteiger partial charge on any atom is -0.380 e. The maximum atomic E-state index is 6.02. The molecule has 1 saturated carbocycles. The van der Waals surface area contributed by atoms with E-state index in [1.165, 1.54) is 32.1 Å². The zero-order valence-corrected chi connectivity index (χ0v) is 10.8. The molecule has 2 rings (SSSR count). The van der Waals surface area contributed by atoms with Crippen molar-refractivity contribution in [1.82, 2.24) is 4.98 Å². The molecule has 1 N–H and O–H groups in total. The highest BCUT2D eigenvalue weighted by Gasteiger charge is 2.14. The first-order valence-electron chi connectivity index (χ1n) is 5.33. The van der Waals surface area contributed by atoms with Crippen LogP contribution in [0, 0.1) is 0 Å². The second-order valence-electron chi connectivity index (χ2n) is 3.97. The van der Waals surface area contributed by atoms with Gasteiger partial charge in [0.05, 0.1) is 5.69 Å². The molecule has 2 nitrogen and oxygen atoms in total. The number of aromatic nitrogens is 1. The molecular weight excluding hydrogens is 275 g/mol. The van der Waals surface area contributed by atoms with Crippen LogP contribution in [0.2, 0.25) is 5.15 Å². The maximum absolute atomic E-state index is 6.02. The summed E-state index contributed by atoms with van der Waals surface area (Å²) in [7, 11) is 0. The minimum atomic E-state index is 0.559. The van der Waals surface area contributed by atoms with Gasteiger partial charge in [0.15, 0.2) is 5.15 Å². The molecule has 4 heteroatoms. The van der Waals surface area contributed by atoms with Gasteiger partial charge in [0.2, 0.25) is 0 Å². The van der Waals surface area contributed by atoms with Gasteiger partial charge in [-0.15, -0.1) is 0 Å². The van der Waals surface area contributed by atoms with Crippen molar-refractivity contribution in [2.24, 2.45) is 0 Å². The third kappa shape index (κ3) is 3.08. The molecule has 15 heavy (non-hydrogen) atoms. The summed E-state index contributed by atoms with van der Waals surface area (Å²) in [6.07, 6.45) is 8.19. The first-order chi connectivity index (χ1) is 7.25. The average Bonchev–Trinajstić information content (AvgIpc) is 2.25. The fourth-order valence-electron chi connectivity index (χ4n) is 1.99. The SMILES string of the molecule is Clc1ncc(Br)cc1NC1CCCCC1. The number of hydrogen-bond donors (Lipinski definition) is 1. The molecule has 0 spiro atoms. The van der Waals surface area contributed by atoms with Gasteiger partial charge in [-0.1, -0.05) is 30.9 Å². The van der Waals surface area contributed by atoms with Gasteiger partial charge in [-0.25, -0.2) is 4.98 Å². The summed E-state index contributed by atoms with van der Waals surface area (Å²) >= 11 is 9.42. The largest absolute Gasteiger partial charge is 0.380 e. The van der Waals surface area contributed by atoms with Gasteiger partial charge in [0.25, 0.3) is 0 Å². The third-order valence-electron chi connectivity index (χ3n) is 2.77. The Bertz CT molecular complexity index is 337. The van der Waals surface area contributed by atoms with Crippen molar-refractivity contribution < 1.29 is 0 Å². The predicted molar refractivity (Wildman–Crippen MR) is 67.4 cm³/mol.